The highest BCUT2D eigenvalue weighted by molar-refractivity contribution is 6.31. The molecule has 0 aromatic heterocycles. The molecule has 0 atom stereocenters. The Morgan fingerprint density at radius 1 is 0.213 bits per heavy atom. The Kier molecular flexibility index (Phi) is 17.0. The van der Waals surface area contributed by atoms with Gasteiger partial charge in [-0.15, -0.1) is 0 Å². The second-order valence-electron chi connectivity index (χ2n) is 42.5. The van der Waals surface area contributed by atoms with Gasteiger partial charge in [0.2, 0.25) is 0 Å². The maximum atomic E-state index is 8.90. The van der Waals surface area contributed by atoms with Crippen LogP contribution in [-0.4, -0.2) is 0 Å². The lowest BCUT2D eigenvalue weighted by atomic mass is 9.43. The summed E-state index contributed by atoms with van der Waals surface area (Å²) in [5.74, 6) is 6.33. The molecular weight excluding hydrogens is 1640 g/mol. The normalized spacial score (nSPS) is 21.4. The van der Waals surface area contributed by atoms with E-state index in [-0.39, 0.29) is 16.2 Å². The monoisotopic (exact) mass is 1750 g/mol. The fourth-order valence-electron chi connectivity index (χ4n) is 29.7. The number of para-hydroxylation sites is 4. The van der Waals surface area contributed by atoms with Crippen molar-refractivity contribution in [3.8, 4) is 22.3 Å². The Labute approximate surface area is 796 Å². The summed E-state index contributed by atoms with van der Waals surface area (Å²) in [5, 5.41) is 25.2. The molecule has 0 N–H and O–H groups in total. The first-order valence-electron chi connectivity index (χ1n) is 50.6. The first-order valence-corrected chi connectivity index (χ1v) is 50.1. The predicted molar refractivity (Wildman–Crippen MR) is 574 cm³/mol. The van der Waals surface area contributed by atoms with Crippen LogP contribution in [0.4, 0.5) is 68.2 Å². The van der Waals surface area contributed by atoms with Crippen molar-refractivity contribution in [2.75, 3.05) is 19.6 Å². The molecule has 22 aromatic carbocycles. The molecule has 32 rings (SSSR count). The zero-order chi connectivity index (χ0) is 90.4. The topological polar surface area (TPSA) is 13.0 Å². The second kappa shape index (κ2) is 29.8. The number of benzene rings is 22. The maximum Gasteiger partial charge on any atom is 0.0623 e. The Hall–Kier alpha value is -14.8. The quantitative estimate of drug-likeness (QED) is 0.113. The van der Waals surface area contributed by atoms with Gasteiger partial charge in [-0.05, 0) is 363 Å². The molecule has 4 heteroatoms. The molecule has 652 valence electrons. The average molecular weight is 1750 g/mol. The summed E-state index contributed by atoms with van der Waals surface area (Å²) in [4.78, 5) is 10.0. The molecule has 0 unspecified atom stereocenters. The first-order chi connectivity index (χ1) is 67.4. The Bertz CT molecular complexity index is 8660. The molecule has 2 spiro atoms. The highest BCUT2D eigenvalue weighted by Gasteiger charge is 2.63. The van der Waals surface area contributed by atoms with E-state index in [1.807, 2.05) is 6.07 Å². The predicted octanol–water partition coefficient (Wildman–Crippen LogP) is 36.4. The van der Waals surface area contributed by atoms with Crippen LogP contribution in [0.2, 0.25) is 0 Å². The molecule has 4 nitrogen and oxygen atoms in total. The van der Waals surface area contributed by atoms with Crippen molar-refractivity contribution in [1.29, 1.82) is 0 Å². The zero-order valence-corrected chi connectivity index (χ0v) is 77.1. The Balaban J connectivity index is 0.000000133. The summed E-state index contributed by atoms with van der Waals surface area (Å²) in [6.45, 7) is 7.12. The molecule has 0 heterocycles. The van der Waals surface area contributed by atoms with Crippen LogP contribution in [0.3, 0.4) is 0 Å². The maximum absolute atomic E-state index is 8.90. The number of anilines is 12. The zero-order valence-electron chi connectivity index (χ0n) is 78.1. The molecule has 8 saturated carbocycles. The minimum atomic E-state index is 0.0187. The summed E-state index contributed by atoms with van der Waals surface area (Å²) in [6, 6.07) is 152. The van der Waals surface area contributed by atoms with Crippen molar-refractivity contribution in [3.63, 3.8) is 0 Å². The van der Waals surface area contributed by atoms with Crippen LogP contribution in [0.15, 0.2) is 406 Å². The van der Waals surface area contributed by atoms with Gasteiger partial charge in [0, 0.05) is 77.6 Å². The van der Waals surface area contributed by atoms with Crippen LogP contribution < -0.4 is 19.6 Å². The molecule has 0 aliphatic heterocycles. The number of nitrogens with zero attached hydrogens (tertiary/aromatic N) is 4. The van der Waals surface area contributed by atoms with Crippen molar-refractivity contribution >= 4 is 176 Å². The van der Waals surface area contributed by atoms with E-state index in [9.17, 15) is 0 Å². The summed E-state index contributed by atoms with van der Waals surface area (Å²) in [6.07, 6.45) is 13.8. The van der Waals surface area contributed by atoms with Crippen LogP contribution in [-0.2, 0) is 16.2 Å². The van der Waals surface area contributed by atoms with Gasteiger partial charge in [0.15, 0.2) is 0 Å². The van der Waals surface area contributed by atoms with Crippen LogP contribution in [0, 0.1) is 47.3 Å². The number of hydrogen-bond acceptors (Lipinski definition) is 4. The summed E-state index contributed by atoms with van der Waals surface area (Å²) < 4.78 is 8.90. The van der Waals surface area contributed by atoms with Gasteiger partial charge in [0.05, 0.1) is 29.8 Å². The van der Waals surface area contributed by atoms with E-state index in [0.29, 0.717) is 17.9 Å². The van der Waals surface area contributed by atoms with Crippen molar-refractivity contribution in [2.45, 2.75) is 101 Å². The molecule has 136 heavy (non-hydrogen) atoms. The van der Waals surface area contributed by atoms with E-state index in [1.165, 1.54) is 251 Å². The smallest absolute Gasteiger partial charge is 0.0623 e. The third-order valence-corrected chi connectivity index (χ3v) is 34.7. The van der Waals surface area contributed by atoms with Crippen molar-refractivity contribution in [1.82, 2.24) is 0 Å². The fourth-order valence-corrected chi connectivity index (χ4v) is 29.7. The van der Waals surface area contributed by atoms with E-state index in [4.69, 9.17) is 1.37 Å². The lowest BCUT2D eigenvalue weighted by Crippen LogP contribution is -2.55. The van der Waals surface area contributed by atoms with E-state index in [2.05, 4.69) is 435 Å². The minimum absolute atomic E-state index is 0.0187. The van der Waals surface area contributed by atoms with Gasteiger partial charge in [0.1, 0.15) is 0 Å². The fraction of sp³-hybridized carbons (Fsp3) is 0.182. The molecule has 10 aliphatic rings. The van der Waals surface area contributed by atoms with Gasteiger partial charge >= 0.3 is 0 Å². The second-order valence-corrected chi connectivity index (χ2v) is 42.5. The van der Waals surface area contributed by atoms with Crippen LogP contribution >= 0.6 is 0 Å². The molecule has 8 bridgehead atoms. The van der Waals surface area contributed by atoms with Gasteiger partial charge < -0.3 is 19.6 Å². The van der Waals surface area contributed by atoms with Crippen molar-refractivity contribution in [2.24, 2.45) is 47.3 Å². The third kappa shape index (κ3) is 11.5. The van der Waals surface area contributed by atoms with Crippen molar-refractivity contribution < 1.29 is 1.37 Å². The summed E-state index contributed by atoms with van der Waals surface area (Å²) in [5.41, 5.74) is 27.4. The van der Waals surface area contributed by atoms with Gasteiger partial charge in [-0.1, -0.05) is 312 Å². The van der Waals surface area contributed by atoms with Crippen LogP contribution in [0.1, 0.15) is 114 Å². The summed E-state index contributed by atoms with van der Waals surface area (Å²) >= 11 is 0. The molecule has 22 aromatic rings. The number of fused-ring (bicyclic) bond motifs is 12. The van der Waals surface area contributed by atoms with Gasteiger partial charge in [-0.3, -0.25) is 0 Å². The number of hydrogen-bond donors (Lipinski definition) is 0. The van der Waals surface area contributed by atoms with E-state index in [1.54, 1.807) is 11.1 Å². The molecule has 10 aliphatic carbocycles. The first kappa shape index (κ1) is 77.6. The standard InChI is InChI=1S/C68H56N2.C64H48N2/c1-67(2,3)47-26-30-60-58(40-47)59-41-52(27-31-61(59)68(60)48-35-42-34-43(37-48)38-49(68)36-42)69(50-15-6-4-7-16-50)62-32-24-44-23-29-57-63(33-25-45-22-28-56(62)65(44)66(45)57)70(51-17-8-5-9-18-51)64-39-46-14-10-11-19-53(46)54-20-12-13-21-55(54)64;1-3-12-48(13-4-1)65(50-25-29-53-45(38-50)20-19-42-11-7-8-16-52(42)53)60-31-23-43-22-28-56-61(32-24-44-21-27-55(60)62(43)63(44)56)66(49-14-5-2-6-15-49)51-26-30-59-57(39-51)54-17-9-10-18-58(54)64(59)46-34-40-33-41(36-46)37-47(64)35-40/h4-33,39-43,48-49H,34-38H2,1-3H3;1-32,38-41,46-47H,33-37H2/i;10D. The SMILES string of the molecule is CC(C)(C)c1ccc2c(c1)-c1cc(N(c3ccccc3)c3ccc4ccc5c(N(c6ccccc6)c6cc7ccccc7c7ccccc67)ccc6ccc3c4c65)ccc1C21C2CC3CC(C2)CC1C3.[2H]c1ccc2c(c1)C1(c3ccc(N(c4ccccc4)c4ccc5ccc6c(N(c7ccccc7)c7ccc8c(ccc9ccccc98)c7)ccc7ccc4c5c76)cc3-2)C2CC3CC(C2)CC1C3. The lowest BCUT2D eigenvalue weighted by molar-refractivity contribution is -0.0399. The molecule has 8 fully saturated rings. The Morgan fingerprint density at radius 3 is 0.985 bits per heavy atom. The van der Waals surface area contributed by atoms with Gasteiger partial charge in [0.25, 0.3) is 0 Å². The minimum Gasteiger partial charge on any atom is -0.310 e. The van der Waals surface area contributed by atoms with Crippen LogP contribution in [0.5, 0.6) is 0 Å². The van der Waals surface area contributed by atoms with Crippen LogP contribution in [0.25, 0.3) is 130 Å². The summed E-state index contributed by atoms with van der Waals surface area (Å²) in [7, 11) is 0. The third-order valence-electron chi connectivity index (χ3n) is 34.7. The Morgan fingerprint density at radius 2 is 0.529 bits per heavy atom. The van der Waals surface area contributed by atoms with E-state index in [0.717, 1.165) is 63.9 Å². The largest absolute Gasteiger partial charge is 0.310 e. The average Bonchev–Trinajstić information content (AvgIpc) is 1.53. The molecule has 0 amide bonds. The highest BCUT2D eigenvalue weighted by Crippen LogP contribution is 2.72. The van der Waals surface area contributed by atoms with Crippen molar-refractivity contribution in [3.05, 3.63) is 434 Å². The lowest BCUT2D eigenvalue weighted by Gasteiger charge is -2.61. The molecule has 0 radical (unpaired) electrons. The number of rotatable bonds is 12. The molecular formula is C132H104N4. The van der Waals surface area contributed by atoms with E-state index >= 15 is 0 Å². The van der Waals surface area contributed by atoms with Gasteiger partial charge in [-0.25, -0.2) is 0 Å². The van der Waals surface area contributed by atoms with E-state index < -0.39 is 0 Å². The molecule has 0 saturated heterocycles. The van der Waals surface area contributed by atoms with Gasteiger partial charge in [-0.2, -0.15) is 0 Å². The highest BCUT2D eigenvalue weighted by atomic mass is 15.2.